The Labute approximate surface area is 197 Å². The highest BCUT2D eigenvalue weighted by Gasteiger charge is 2.24. The fraction of sp³-hybridized carbons (Fsp3) is 0.259. The first-order valence-electron chi connectivity index (χ1n) is 11.4. The number of hydrogen-bond acceptors (Lipinski definition) is 6. The minimum atomic E-state index is -0.346. The maximum atomic E-state index is 12.4. The standard InChI is InChI=1S/C27H27N3O4/c1-33-17-22-3-2-11-30(22)15-18-4-7-21(8-5-18)28-14-25-24-13-19(20-10-12-34-16-20)6-9-23(24)26(31)29-27(25)32/h4-10,12-14,16,22H,2-3,11,15,17H2,1H3,(H2,29,31,32)/t22-/m0/s1. The zero-order valence-corrected chi connectivity index (χ0v) is 19.0. The van der Waals surface area contributed by atoms with Gasteiger partial charge in [0.2, 0.25) is 5.88 Å². The van der Waals surface area contributed by atoms with Crippen molar-refractivity contribution in [3.8, 4) is 17.0 Å². The first-order valence-corrected chi connectivity index (χ1v) is 11.4. The van der Waals surface area contributed by atoms with E-state index in [1.807, 2.05) is 30.3 Å². The second-order valence-electron chi connectivity index (χ2n) is 8.64. The minimum Gasteiger partial charge on any atom is -0.494 e. The van der Waals surface area contributed by atoms with Crippen molar-refractivity contribution >= 4 is 22.7 Å². The number of hydrogen-bond donors (Lipinski definition) is 2. The third-order valence-electron chi connectivity index (χ3n) is 6.42. The Balaban J connectivity index is 1.40. The Morgan fingerprint density at radius 3 is 2.79 bits per heavy atom. The molecule has 1 aliphatic rings. The molecule has 5 rings (SSSR count). The van der Waals surface area contributed by atoms with Gasteiger partial charge < -0.3 is 14.3 Å². The number of rotatable bonds is 7. The molecule has 174 valence electrons. The summed E-state index contributed by atoms with van der Waals surface area (Å²) in [6.45, 7) is 2.74. The molecule has 7 nitrogen and oxygen atoms in total. The van der Waals surface area contributed by atoms with Gasteiger partial charge in [-0.05, 0) is 60.8 Å². The Hall–Kier alpha value is -3.68. The first-order chi connectivity index (χ1) is 16.6. The van der Waals surface area contributed by atoms with E-state index in [1.54, 1.807) is 31.9 Å². The molecule has 1 atom stereocenters. The highest BCUT2D eigenvalue weighted by atomic mass is 16.5. The van der Waals surface area contributed by atoms with Gasteiger partial charge in [0.25, 0.3) is 5.56 Å². The van der Waals surface area contributed by atoms with Gasteiger partial charge in [-0.1, -0.05) is 18.2 Å². The molecule has 0 spiro atoms. The van der Waals surface area contributed by atoms with E-state index in [9.17, 15) is 9.90 Å². The van der Waals surface area contributed by atoms with E-state index in [-0.39, 0.29) is 11.4 Å². The number of ether oxygens (including phenoxy) is 1. The Morgan fingerprint density at radius 2 is 2.03 bits per heavy atom. The molecule has 0 unspecified atom stereocenters. The second kappa shape index (κ2) is 9.67. The number of furan rings is 1. The van der Waals surface area contributed by atoms with Crippen LogP contribution in [0.5, 0.6) is 5.88 Å². The van der Waals surface area contributed by atoms with E-state index in [0.29, 0.717) is 22.4 Å². The summed E-state index contributed by atoms with van der Waals surface area (Å²) in [5.41, 5.74) is 3.89. The molecule has 0 aliphatic carbocycles. The number of nitrogens with one attached hydrogen (secondary N) is 1. The van der Waals surface area contributed by atoms with Crippen LogP contribution in [0.1, 0.15) is 24.0 Å². The summed E-state index contributed by atoms with van der Waals surface area (Å²) in [4.78, 5) is 21.9. The molecule has 2 aromatic carbocycles. The summed E-state index contributed by atoms with van der Waals surface area (Å²) >= 11 is 0. The molecule has 1 fully saturated rings. The largest absolute Gasteiger partial charge is 0.494 e. The quantitative estimate of drug-likeness (QED) is 0.387. The van der Waals surface area contributed by atoms with Crippen molar-refractivity contribution in [3.05, 3.63) is 82.5 Å². The molecule has 2 N–H and O–H groups in total. The molecular formula is C27H27N3O4. The molecule has 1 aliphatic heterocycles. The van der Waals surface area contributed by atoms with Crippen LogP contribution in [-0.2, 0) is 11.3 Å². The minimum absolute atomic E-state index is 0.208. The number of likely N-dealkylation sites (tertiary alicyclic amines) is 1. The molecule has 0 amide bonds. The van der Waals surface area contributed by atoms with Gasteiger partial charge in [0.15, 0.2) is 0 Å². The van der Waals surface area contributed by atoms with Crippen LogP contribution < -0.4 is 5.56 Å². The average molecular weight is 458 g/mol. The fourth-order valence-corrected chi connectivity index (χ4v) is 4.62. The summed E-state index contributed by atoms with van der Waals surface area (Å²) < 4.78 is 10.5. The van der Waals surface area contributed by atoms with E-state index in [0.717, 1.165) is 36.5 Å². The molecule has 4 aromatic rings. The predicted molar refractivity (Wildman–Crippen MR) is 133 cm³/mol. The highest BCUT2D eigenvalue weighted by Crippen LogP contribution is 2.28. The zero-order chi connectivity index (χ0) is 23.5. The smallest absolute Gasteiger partial charge is 0.258 e. The monoisotopic (exact) mass is 457 g/mol. The molecule has 0 bridgehead atoms. The summed E-state index contributed by atoms with van der Waals surface area (Å²) in [6, 6.07) is 15.9. The Kier molecular flexibility index (Phi) is 6.29. The van der Waals surface area contributed by atoms with Crippen LogP contribution in [-0.4, -0.2) is 47.5 Å². The van der Waals surface area contributed by atoms with E-state index in [4.69, 9.17) is 9.15 Å². The number of aliphatic imine (C=N–C) groups is 1. The lowest BCUT2D eigenvalue weighted by molar-refractivity contribution is 0.112. The molecule has 0 saturated carbocycles. The number of benzene rings is 2. The summed E-state index contributed by atoms with van der Waals surface area (Å²) in [7, 11) is 1.75. The molecule has 2 aromatic heterocycles. The number of aromatic hydroxyl groups is 1. The van der Waals surface area contributed by atoms with Crippen LogP contribution >= 0.6 is 0 Å². The van der Waals surface area contributed by atoms with Gasteiger partial charge in [-0.2, -0.15) is 0 Å². The third-order valence-corrected chi connectivity index (χ3v) is 6.42. The van der Waals surface area contributed by atoms with Crippen LogP contribution in [0.4, 0.5) is 5.69 Å². The number of methoxy groups -OCH3 is 1. The normalized spacial score (nSPS) is 16.7. The second-order valence-corrected chi connectivity index (χ2v) is 8.64. The van der Waals surface area contributed by atoms with Crippen molar-refractivity contribution in [2.45, 2.75) is 25.4 Å². The Morgan fingerprint density at radius 1 is 1.18 bits per heavy atom. The lowest BCUT2D eigenvalue weighted by Crippen LogP contribution is -2.32. The van der Waals surface area contributed by atoms with Crippen molar-refractivity contribution in [1.29, 1.82) is 0 Å². The van der Waals surface area contributed by atoms with Gasteiger partial charge >= 0.3 is 0 Å². The number of aromatic amines is 1. The molecule has 34 heavy (non-hydrogen) atoms. The van der Waals surface area contributed by atoms with Crippen LogP contribution in [0.3, 0.4) is 0 Å². The molecule has 7 heteroatoms. The van der Waals surface area contributed by atoms with Gasteiger partial charge in [0.1, 0.15) is 0 Å². The maximum absolute atomic E-state index is 12.4. The first kappa shape index (κ1) is 22.1. The van der Waals surface area contributed by atoms with Crippen LogP contribution in [0.2, 0.25) is 0 Å². The highest BCUT2D eigenvalue weighted by molar-refractivity contribution is 6.03. The van der Waals surface area contributed by atoms with Crippen molar-refractivity contribution in [2.24, 2.45) is 4.99 Å². The topological polar surface area (TPSA) is 91.1 Å². The maximum Gasteiger partial charge on any atom is 0.258 e. The number of fused-ring (bicyclic) bond motifs is 1. The zero-order valence-electron chi connectivity index (χ0n) is 19.0. The summed E-state index contributed by atoms with van der Waals surface area (Å²) in [5.74, 6) is -0.208. The lowest BCUT2D eigenvalue weighted by atomic mass is 10.0. The van der Waals surface area contributed by atoms with Gasteiger partial charge in [0.05, 0.1) is 30.4 Å². The molecular weight excluding hydrogens is 430 g/mol. The predicted octanol–water partition coefficient (Wildman–Crippen LogP) is 4.86. The van der Waals surface area contributed by atoms with Crippen LogP contribution in [0.15, 0.2) is 75.3 Å². The van der Waals surface area contributed by atoms with Gasteiger partial charge in [0, 0.05) is 42.2 Å². The van der Waals surface area contributed by atoms with Gasteiger partial charge in [-0.3, -0.25) is 19.7 Å². The number of H-pyrrole nitrogens is 1. The number of pyridine rings is 1. The van der Waals surface area contributed by atoms with E-state index in [2.05, 4.69) is 27.0 Å². The fourth-order valence-electron chi connectivity index (χ4n) is 4.62. The van der Waals surface area contributed by atoms with E-state index >= 15 is 0 Å². The van der Waals surface area contributed by atoms with Crippen LogP contribution in [0, 0.1) is 0 Å². The molecule has 0 radical (unpaired) electrons. The number of aromatic nitrogens is 1. The lowest BCUT2D eigenvalue weighted by Gasteiger charge is -2.23. The number of nitrogens with zero attached hydrogens (tertiary/aromatic N) is 2. The molecule has 3 heterocycles. The van der Waals surface area contributed by atoms with Crippen molar-refractivity contribution in [1.82, 2.24) is 9.88 Å². The van der Waals surface area contributed by atoms with Crippen molar-refractivity contribution < 1.29 is 14.3 Å². The molecule has 1 saturated heterocycles. The van der Waals surface area contributed by atoms with E-state index in [1.165, 1.54) is 18.4 Å². The van der Waals surface area contributed by atoms with E-state index < -0.39 is 0 Å². The summed E-state index contributed by atoms with van der Waals surface area (Å²) in [5, 5.41) is 11.6. The van der Waals surface area contributed by atoms with Crippen molar-refractivity contribution in [3.63, 3.8) is 0 Å². The van der Waals surface area contributed by atoms with Gasteiger partial charge in [-0.15, -0.1) is 0 Å². The summed E-state index contributed by atoms with van der Waals surface area (Å²) in [6.07, 6.45) is 7.22. The SMILES string of the molecule is COC[C@@H]1CCCN1Cc1ccc(N=Cc2c(O)[nH]c(=O)c3ccc(-c4ccoc4)cc23)cc1. The van der Waals surface area contributed by atoms with Crippen molar-refractivity contribution in [2.75, 3.05) is 20.3 Å². The Bertz CT molecular complexity index is 1360. The van der Waals surface area contributed by atoms with Crippen LogP contribution in [0.25, 0.3) is 21.9 Å². The van der Waals surface area contributed by atoms with Gasteiger partial charge in [-0.25, -0.2) is 0 Å². The third kappa shape index (κ3) is 4.53. The average Bonchev–Trinajstić information content (AvgIpc) is 3.53.